The minimum Gasteiger partial charge on any atom is -0.491 e. The number of hydrogen-bond acceptors (Lipinski definition) is 4. The number of nitrogens with one attached hydrogen (secondary N) is 2. The molecular weight excluding hydrogens is 306 g/mol. The second-order valence-electron chi connectivity index (χ2n) is 6.28. The molecule has 132 valence electrons. The molecule has 2 rings (SSSR count). The van der Waals surface area contributed by atoms with E-state index in [2.05, 4.69) is 22.5 Å². The molecule has 0 unspecified atom stereocenters. The van der Waals surface area contributed by atoms with E-state index in [0.29, 0.717) is 18.3 Å². The number of hydrogen-bond donors (Lipinski definition) is 2. The van der Waals surface area contributed by atoms with Gasteiger partial charge in [0.15, 0.2) is 0 Å². The standard InChI is InChI=1S/C18H27N3O3/c1-4-21-11-5-6-15(21)12-19-17(22)18(23)20-14-7-9-16(10-8-14)24-13(2)3/h7-10,13,15H,4-6,11-12H2,1-3H3,(H,19,22)(H,20,23)/t15-/m1/s1. The molecule has 0 aromatic heterocycles. The number of rotatable bonds is 6. The molecule has 2 N–H and O–H groups in total. The topological polar surface area (TPSA) is 70.7 Å². The first kappa shape index (κ1) is 18.3. The van der Waals surface area contributed by atoms with Gasteiger partial charge in [0.05, 0.1) is 6.10 Å². The average Bonchev–Trinajstić information content (AvgIpc) is 3.01. The molecule has 0 saturated carbocycles. The first-order valence-corrected chi connectivity index (χ1v) is 8.59. The number of benzene rings is 1. The summed E-state index contributed by atoms with van der Waals surface area (Å²) in [5.41, 5.74) is 0.572. The highest BCUT2D eigenvalue weighted by molar-refractivity contribution is 6.39. The van der Waals surface area contributed by atoms with E-state index in [9.17, 15) is 9.59 Å². The van der Waals surface area contributed by atoms with E-state index >= 15 is 0 Å². The van der Waals surface area contributed by atoms with Crippen LogP contribution in [0.1, 0.15) is 33.6 Å². The number of ether oxygens (including phenoxy) is 1. The summed E-state index contributed by atoms with van der Waals surface area (Å²) in [5.74, 6) is -0.512. The van der Waals surface area contributed by atoms with E-state index in [0.717, 1.165) is 31.7 Å². The smallest absolute Gasteiger partial charge is 0.313 e. The van der Waals surface area contributed by atoms with Crippen molar-refractivity contribution >= 4 is 17.5 Å². The minimum atomic E-state index is -0.645. The summed E-state index contributed by atoms with van der Waals surface area (Å²) in [6.45, 7) is 8.56. The summed E-state index contributed by atoms with van der Waals surface area (Å²) in [7, 11) is 0. The van der Waals surface area contributed by atoms with Crippen LogP contribution in [0, 0.1) is 0 Å². The normalized spacial score (nSPS) is 17.8. The van der Waals surface area contributed by atoms with Crippen molar-refractivity contribution in [3.8, 4) is 5.75 Å². The third-order valence-corrected chi connectivity index (χ3v) is 4.09. The molecule has 0 bridgehead atoms. The van der Waals surface area contributed by atoms with Gasteiger partial charge in [-0.2, -0.15) is 0 Å². The van der Waals surface area contributed by atoms with Gasteiger partial charge in [0.1, 0.15) is 5.75 Å². The molecule has 2 amide bonds. The summed E-state index contributed by atoms with van der Waals surface area (Å²) in [5, 5.41) is 5.33. The highest BCUT2D eigenvalue weighted by atomic mass is 16.5. The molecule has 0 spiro atoms. The zero-order valence-corrected chi connectivity index (χ0v) is 14.7. The molecule has 6 heteroatoms. The number of likely N-dealkylation sites (N-methyl/N-ethyl adjacent to an activating group) is 1. The van der Waals surface area contributed by atoms with Gasteiger partial charge in [-0.05, 0) is 64.0 Å². The largest absolute Gasteiger partial charge is 0.491 e. The summed E-state index contributed by atoms with van der Waals surface area (Å²) < 4.78 is 5.54. The fourth-order valence-electron chi connectivity index (χ4n) is 2.91. The quantitative estimate of drug-likeness (QED) is 0.781. The van der Waals surface area contributed by atoms with Crippen LogP contribution in [-0.4, -0.2) is 48.5 Å². The van der Waals surface area contributed by atoms with E-state index in [1.165, 1.54) is 0 Å². The van der Waals surface area contributed by atoms with Crippen molar-refractivity contribution in [2.45, 2.75) is 45.8 Å². The van der Waals surface area contributed by atoms with Crippen molar-refractivity contribution in [3.05, 3.63) is 24.3 Å². The zero-order chi connectivity index (χ0) is 17.5. The van der Waals surface area contributed by atoms with Crippen molar-refractivity contribution in [2.24, 2.45) is 0 Å². The fraction of sp³-hybridized carbons (Fsp3) is 0.556. The molecular formula is C18H27N3O3. The van der Waals surface area contributed by atoms with Crippen molar-refractivity contribution < 1.29 is 14.3 Å². The lowest BCUT2D eigenvalue weighted by Crippen LogP contribution is -2.43. The van der Waals surface area contributed by atoms with Crippen molar-refractivity contribution in [1.29, 1.82) is 0 Å². The zero-order valence-electron chi connectivity index (χ0n) is 14.7. The Morgan fingerprint density at radius 1 is 1.25 bits per heavy atom. The second kappa shape index (κ2) is 8.68. The lowest BCUT2D eigenvalue weighted by Gasteiger charge is -2.22. The van der Waals surface area contributed by atoms with Crippen LogP contribution in [0.5, 0.6) is 5.75 Å². The van der Waals surface area contributed by atoms with Gasteiger partial charge in [-0.15, -0.1) is 0 Å². The molecule has 24 heavy (non-hydrogen) atoms. The second-order valence-corrected chi connectivity index (χ2v) is 6.28. The SMILES string of the molecule is CCN1CCC[C@@H]1CNC(=O)C(=O)Nc1ccc(OC(C)C)cc1. The fourth-order valence-corrected chi connectivity index (χ4v) is 2.91. The van der Waals surface area contributed by atoms with Crippen molar-refractivity contribution in [1.82, 2.24) is 10.2 Å². The van der Waals surface area contributed by atoms with Gasteiger partial charge in [-0.1, -0.05) is 6.92 Å². The molecule has 1 aromatic carbocycles. The number of carbonyl (C=O) groups excluding carboxylic acids is 2. The predicted molar refractivity (Wildman–Crippen MR) is 94.1 cm³/mol. The average molecular weight is 333 g/mol. The maximum atomic E-state index is 12.0. The molecule has 1 fully saturated rings. The van der Waals surface area contributed by atoms with Crippen LogP contribution >= 0.6 is 0 Å². The molecule has 0 radical (unpaired) electrons. The maximum Gasteiger partial charge on any atom is 0.313 e. The first-order valence-electron chi connectivity index (χ1n) is 8.59. The van der Waals surface area contributed by atoms with Crippen LogP contribution in [0.4, 0.5) is 5.69 Å². The van der Waals surface area contributed by atoms with Crippen LogP contribution in [0.15, 0.2) is 24.3 Å². The number of nitrogens with zero attached hydrogens (tertiary/aromatic N) is 1. The van der Waals surface area contributed by atoms with Gasteiger partial charge in [-0.25, -0.2) is 0 Å². The van der Waals surface area contributed by atoms with Crippen LogP contribution < -0.4 is 15.4 Å². The molecule has 1 atom stereocenters. The molecule has 1 aromatic rings. The number of anilines is 1. The lowest BCUT2D eigenvalue weighted by molar-refractivity contribution is -0.136. The van der Waals surface area contributed by atoms with Gasteiger partial charge < -0.3 is 15.4 Å². The number of carbonyl (C=O) groups is 2. The Balaban J connectivity index is 1.79. The Kier molecular flexibility index (Phi) is 6.61. The number of likely N-dealkylation sites (tertiary alicyclic amines) is 1. The molecule has 6 nitrogen and oxygen atoms in total. The van der Waals surface area contributed by atoms with Crippen molar-refractivity contribution in [3.63, 3.8) is 0 Å². The van der Waals surface area contributed by atoms with Gasteiger partial charge >= 0.3 is 11.8 Å². The van der Waals surface area contributed by atoms with Gasteiger partial charge in [0, 0.05) is 18.3 Å². The third-order valence-electron chi connectivity index (χ3n) is 4.09. The third kappa shape index (κ3) is 5.23. The molecule has 1 aliphatic heterocycles. The summed E-state index contributed by atoms with van der Waals surface area (Å²) in [4.78, 5) is 26.2. The van der Waals surface area contributed by atoms with E-state index < -0.39 is 11.8 Å². The number of amides is 2. The molecule has 1 aliphatic rings. The lowest BCUT2D eigenvalue weighted by atomic mass is 10.2. The van der Waals surface area contributed by atoms with Crippen LogP contribution in [0.25, 0.3) is 0 Å². The van der Waals surface area contributed by atoms with Gasteiger partial charge in [-0.3, -0.25) is 14.5 Å². The Labute approximate surface area is 143 Å². The molecule has 1 heterocycles. The Hall–Kier alpha value is -2.08. The molecule has 1 saturated heterocycles. The van der Waals surface area contributed by atoms with Crippen LogP contribution in [-0.2, 0) is 9.59 Å². The monoisotopic (exact) mass is 333 g/mol. The van der Waals surface area contributed by atoms with Gasteiger partial charge in [0.25, 0.3) is 0 Å². The molecule has 0 aliphatic carbocycles. The highest BCUT2D eigenvalue weighted by Crippen LogP contribution is 2.17. The maximum absolute atomic E-state index is 12.0. The minimum absolute atomic E-state index is 0.0921. The van der Waals surface area contributed by atoms with Crippen LogP contribution in [0.2, 0.25) is 0 Å². The van der Waals surface area contributed by atoms with Crippen LogP contribution in [0.3, 0.4) is 0 Å². The van der Waals surface area contributed by atoms with E-state index in [4.69, 9.17) is 4.74 Å². The Bertz CT molecular complexity index is 557. The Morgan fingerprint density at radius 3 is 2.58 bits per heavy atom. The van der Waals surface area contributed by atoms with E-state index in [1.807, 2.05) is 13.8 Å². The van der Waals surface area contributed by atoms with Gasteiger partial charge in [0.2, 0.25) is 0 Å². The van der Waals surface area contributed by atoms with Crippen molar-refractivity contribution in [2.75, 3.05) is 25.0 Å². The highest BCUT2D eigenvalue weighted by Gasteiger charge is 2.24. The Morgan fingerprint density at radius 2 is 1.96 bits per heavy atom. The van der Waals surface area contributed by atoms with E-state index in [1.54, 1.807) is 24.3 Å². The summed E-state index contributed by atoms with van der Waals surface area (Å²) >= 11 is 0. The van der Waals surface area contributed by atoms with E-state index in [-0.39, 0.29) is 6.10 Å². The predicted octanol–water partition coefficient (Wildman–Crippen LogP) is 2.01. The summed E-state index contributed by atoms with van der Waals surface area (Å²) in [6, 6.07) is 7.31. The first-order chi connectivity index (χ1) is 11.5. The summed E-state index contributed by atoms with van der Waals surface area (Å²) in [6.07, 6.45) is 2.30.